The van der Waals surface area contributed by atoms with Crippen molar-refractivity contribution in [3.63, 3.8) is 0 Å². The molecule has 1 N–H and O–H groups in total. The highest BCUT2D eigenvalue weighted by molar-refractivity contribution is 6.35. The quantitative estimate of drug-likeness (QED) is 0.775. The molecule has 5 heteroatoms. The number of hydrogen-bond acceptors (Lipinski definition) is 3. The Balaban J connectivity index is 2.08. The topological polar surface area (TPSA) is 46.5 Å². The van der Waals surface area contributed by atoms with Crippen molar-refractivity contribution < 1.29 is 14.6 Å². The van der Waals surface area contributed by atoms with Gasteiger partial charge < -0.3 is 9.84 Å². The number of aliphatic hydroxyl groups excluding tert-OH is 1. The molecule has 0 unspecified atom stereocenters. The average Bonchev–Trinajstić information content (AvgIpc) is 2.60. The first-order chi connectivity index (χ1) is 9.52. The van der Waals surface area contributed by atoms with Crippen LogP contribution < -0.4 is 0 Å². The third-order valence-corrected chi connectivity index (χ3v) is 4.41. The summed E-state index contributed by atoms with van der Waals surface area (Å²) in [6, 6.07) is 4.81. The fourth-order valence-corrected chi connectivity index (χ4v) is 3.54. The van der Waals surface area contributed by atoms with Crippen molar-refractivity contribution >= 4 is 34.7 Å². The molecular weight excluding hydrogens is 299 g/mol. The van der Waals surface area contributed by atoms with E-state index in [2.05, 4.69) is 0 Å². The summed E-state index contributed by atoms with van der Waals surface area (Å²) in [5, 5.41) is 11.4. The van der Waals surface area contributed by atoms with Gasteiger partial charge in [0.15, 0.2) is 11.4 Å². The lowest BCUT2D eigenvalue weighted by Gasteiger charge is -2.31. The van der Waals surface area contributed by atoms with Crippen molar-refractivity contribution in [2.75, 3.05) is 0 Å². The maximum atomic E-state index is 12.2. The lowest BCUT2D eigenvalue weighted by molar-refractivity contribution is -0.149. The van der Waals surface area contributed by atoms with Crippen LogP contribution in [0.5, 0.6) is 0 Å². The smallest absolute Gasteiger partial charge is 0.343 e. The minimum Gasteiger partial charge on any atom is -0.507 e. The van der Waals surface area contributed by atoms with Gasteiger partial charge in [-0.25, -0.2) is 4.79 Å². The molecule has 1 aromatic rings. The lowest BCUT2D eigenvalue weighted by atomic mass is 9.82. The van der Waals surface area contributed by atoms with Gasteiger partial charge in [0, 0.05) is 10.0 Å². The number of rotatable bonds is 1. The Kier molecular flexibility index (Phi) is 3.43. The Morgan fingerprint density at radius 3 is 2.25 bits per heavy atom. The number of halogens is 2. The first-order valence-corrected chi connectivity index (χ1v) is 7.41. The predicted molar refractivity (Wildman–Crippen MR) is 77.9 cm³/mol. The van der Waals surface area contributed by atoms with Crippen LogP contribution in [0.3, 0.4) is 0 Å². The number of carbonyl (C=O) groups excluding carboxylic acids is 1. The Bertz CT molecular complexity index is 581. The summed E-state index contributed by atoms with van der Waals surface area (Å²) < 4.78 is 5.50. The molecule has 1 spiro atoms. The second-order valence-corrected chi connectivity index (χ2v) is 6.20. The molecule has 0 radical (unpaired) electrons. The number of hydrogen-bond donors (Lipinski definition) is 1. The zero-order chi connectivity index (χ0) is 14.3. The van der Waals surface area contributed by atoms with Crippen LogP contribution in [0.1, 0.15) is 37.7 Å². The Hall–Kier alpha value is -1.19. The van der Waals surface area contributed by atoms with Crippen molar-refractivity contribution in [2.45, 2.75) is 37.7 Å². The van der Waals surface area contributed by atoms with E-state index in [0.29, 0.717) is 28.5 Å². The van der Waals surface area contributed by atoms with Gasteiger partial charge in [-0.05, 0) is 49.4 Å². The molecule has 3 nitrogen and oxygen atoms in total. The van der Waals surface area contributed by atoms with Crippen LogP contribution in [0.2, 0.25) is 10.0 Å². The molecule has 0 aromatic heterocycles. The van der Waals surface area contributed by atoms with E-state index in [1.54, 1.807) is 18.2 Å². The Labute approximate surface area is 127 Å². The third-order valence-electron chi connectivity index (χ3n) is 3.97. The van der Waals surface area contributed by atoms with Crippen LogP contribution in [0, 0.1) is 0 Å². The highest BCUT2D eigenvalue weighted by atomic mass is 35.5. The SMILES string of the molecule is O=C1OC2(CCCCC2)C(O)=C1c1cc(Cl)cc(Cl)c1. The predicted octanol–water partition coefficient (Wildman–Crippen LogP) is 4.52. The fourth-order valence-electron chi connectivity index (χ4n) is 3.02. The number of ether oxygens (including phenoxy) is 1. The summed E-state index contributed by atoms with van der Waals surface area (Å²) in [5.41, 5.74) is -0.136. The van der Waals surface area contributed by atoms with E-state index < -0.39 is 11.6 Å². The van der Waals surface area contributed by atoms with Crippen molar-refractivity contribution in [1.82, 2.24) is 0 Å². The number of benzene rings is 1. The standard InChI is InChI=1S/C15H14Cl2O3/c16-10-6-9(7-11(17)8-10)12-13(18)15(20-14(12)19)4-2-1-3-5-15/h6-8,18H,1-5H2. The molecule has 1 aliphatic carbocycles. The lowest BCUT2D eigenvalue weighted by Crippen LogP contribution is -2.34. The summed E-state index contributed by atoms with van der Waals surface area (Å²) >= 11 is 11.9. The van der Waals surface area contributed by atoms with Crippen molar-refractivity contribution in [2.24, 2.45) is 0 Å². The molecule has 1 saturated carbocycles. The normalized spacial score (nSPS) is 21.4. The zero-order valence-corrected chi connectivity index (χ0v) is 12.3. The maximum Gasteiger partial charge on any atom is 0.343 e. The van der Waals surface area contributed by atoms with E-state index in [0.717, 1.165) is 19.3 Å². The summed E-state index contributed by atoms with van der Waals surface area (Å²) in [6.07, 6.45) is 4.33. The van der Waals surface area contributed by atoms with Gasteiger partial charge in [-0.3, -0.25) is 0 Å². The first kappa shape index (κ1) is 13.8. The van der Waals surface area contributed by atoms with Crippen molar-refractivity contribution in [1.29, 1.82) is 0 Å². The molecule has 1 aliphatic heterocycles. The van der Waals surface area contributed by atoms with E-state index in [-0.39, 0.29) is 11.3 Å². The van der Waals surface area contributed by atoms with Crippen LogP contribution in [0.15, 0.2) is 24.0 Å². The zero-order valence-electron chi connectivity index (χ0n) is 10.8. The molecule has 1 aromatic carbocycles. The van der Waals surface area contributed by atoms with Gasteiger partial charge in [0.25, 0.3) is 0 Å². The van der Waals surface area contributed by atoms with E-state index >= 15 is 0 Å². The Morgan fingerprint density at radius 1 is 1.05 bits per heavy atom. The highest BCUT2D eigenvalue weighted by Crippen LogP contribution is 2.45. The van der Waals surface area contributed by atoms with E-state index in [4.69, 9.17) is 27.9 Å². The second-order valence-electron chi connectivity index (χ2n) is 5.33. The largest absolute Gasteiger partial charge is 0.507 e. The van der Waals surface area contributed by atoms with Crippen molar-refractivity contribution in [3.8, 4) is 0 Å². The molecule has 0 amide bonds. The highest BCUT2D eigenvalue weighted by Gasteiger charge is 2.49. The van der Waals surface area contributed by atoms with Crippen molar-refractivity contribution in [3.05, 3.63) is 39.6 Å². The van der Waals surface area contributed by atoms with Gasteiger partial charge >= 0.3 is 5.97 Å². The van der Waals surface area contributed by atoms with Crippen LogP contribution in [0.4, 0.5) is 0 Å². The van der Waals surface area contributed by atoms with Gasteiger partial charge in [-0.15, -0.1) is 0 Å². The molecule has 0 saturated heterocycles. The molecule has 1 heterocycles. The number of esters is 1. The summed E-state index contributed by atoms with van der Waals surface area (Å²) in [6.45, 7) is 0. The van der Waals surface area contributed by atoms with Gasteiger partial charge in [0.1, 0.15) is 5.57 Å². The average molecular weight is 313 g/mol. The molecule has 106 valence electrons. The third kappa shape index (κ3) is 2.19. The minimum absolute atomic E-state index is 0.0283. The van der Waals surface area contributed by atoms with Gasteiger partial charge in [-0.1, -0.05) is 29.6 Å². The molecule has 3 rings (SSSR count). The monoisotopic (exact) mass is 312 g/mol. The molecule has 0 bridgehead atoms. The van der Waals surface area contributed by atoms with Gasteiger partial charge in [0.05, 0.1) is 0 Å². The first-order valence-electron chi connectivity index (χ1n) is 6.65. The summed E-state index contributed by atoms with van der Waals surface area (Å²) in [4.78, 5) is 12.2. The number of aliphatic hydroxyl groups is 1. The van der Waals surface area contributed by atoms with Crippen LogP contribution >= 0.6 is 23.2 Å². The summed E-state index contributed by atoms with van der Waals surface area (Å²) in [7, 11) is 0. The van der Waals surface area contributed by atoms with Gasteiger partial charge in [0.2, 0.25) is 0 Å². The van der Waals surface area contributed by atoms with E-state index in [1.807, 2.05) is 0 Å². The molecule has 0 atom stereocenters. The molecule has 1 fully saturated rings. The maximum absolute atomic E-state index is 12.2. The fraction of sp³-hybridized carbons (Fsp3) is 0.400. The molecular formula is C15H14Cl2O3. The van der Waals surface area contributed by atoms with E-state index in [9.17, 15) is 9.90 Å². The molecule has 2 aliphatic rings. The van der Waals surface area contributed by atoms with Crippen LogP contribution in [-0.4, -0.2) is 16.7 Å². The van der Waals surface area contributed by atoms with E-state index in [1.165, 1.54) is 0 Å². The van der Waals surface area contributed by atoms with Crippen LogP contribution in [-0.2, 0) is 9.53 Å². The minimum atomic E-state index is -0.834. The number of carbonyl (C=O) groups is 1. The van der Waals surface area contributed by atoms with Gasteiger partial charge in [-0.2, -0.15) is 0 Å². The Morgan fingerprint density at radius 2 is 1.65 bits per heavy atom. The molecule has 20 heavy (non-hydrogen) atoms. The summed E-state index contributed by atoms with van der Waals surface area (Å²) in [5.74, 6) is -0.469. The second kappa shape index (κ2) is 4.97. The van der Waals surface area contributed by atoms with Crippen LogP contribution in [0.25, 0.3) is 5.57 Å².